The third-order valence-electron chi connectivity index (χ3n) is 5.57. The van der Waals surface area contributed by atoms with Crippen LogP contribution in [0.25, 0.3) is 10.8 Å². The largest absolute Gasteiger partial charge is 0.726 e. The molecule has 2 aromatic rings. The number of pyridine rings is 1. The Kier molecular flexibility index (Phi) is 11.4. The molecule has 0 fully saturated rings. The number of aromatic nitrogens is 1. The van der Waals surface area contributed by atoms with Crippen molar-refractivity contribution in [2.45, 2.75) is 77.9 Å². The van der Waals surface area contributed by atoms with Crippen molar-refractivity contribution in [3.05, 3.63) is 42.7 Å². The van der Waals surface area contributed by atoms with E-state index in [1.807, 2.05) is 47.3 Å². The Morgan fingerprint density at radius 1 is 0.968 bits per heavy atom. The van der Waals surface area contributed by atoms with Crippen LogP contribution in [0.15, 0.2) is 42.7 Å². The van der Waals surface area contributed by atoms with Crippen LogP contribution in [0.2, 0.25) is 0 Å². The highest BCUT2D eigenvalue weighted by Gasteiger charge is 2.23. The fraction of sp³-hybridized carbons (Fsp3) is 0.625. The Balaban J connectivity index is 1.95. The first-order chi connectivity index (χ1) is 14.9. The van der Waals surface area contributed by atoms with Crippen molar-refractivity contribution >= 4 is 21.2 Å². The number of ether oxygens (including phenoxy) is 1. The number of unbranched alkanes of at least 4 members (excludes halogenated alkanes) is 4. The summed E-state index contributed by atoms with van der Waals surface area (Å²) in [4.78, 5) is 0. The SMILES string of the molecule is CCCCCCC(CCCC)C[OH+]CC(C[n+]1ccc2ccccc2c1)OS(=O)(=O)[O-]. The van der Waals surface area contributed by atoms with Crippen LogP contribution in [-0.4, -0.2) is 37.0 Å². The van der Waals surface area contributed by atoms with Gasteiger partial charge in [0.05, 0.1) is 0 Å². The first kappa shape index (κ1) is 25.7. The quantitative estimate of drug-likeness (QED) is 0.125. The minimum atomic E-state index is -4.79. The van der Waals surface area contributed by atoms with E-state index in [-0.39, 0.29) is 13.2 Å². The van der Waals surface area contributed by atoms with Gasteiger partial charge in [-0.2, -0.15) is 0 Å². The fourth-order valence-corrected chi connectivity index (χ4v) is 4.35. The zero-order chi connectivity index (χ0) is 22.5. The van der Waals surface area contributed by atoms with Gasteiger partial charge in [-0.1, -0.05) is 70.6 Å². The monoisotopic (exact) mass is 452 g/mol. The van der Waals surface area contributed by atoms with E-state index < -0.39 is 16.5 Å². The van der Waals surface area contributed by atoms with E-state index in [1.54, 1.807) is 0 Å². The minimum absolute atomic E-state index is 0.193. The Labute approximate surface area is 187 Å². The molecule has 2 unspecified atom stereocenters. The van der Waals surface area contributed by atoms with Gasteiger partial charge in [0.15, 0.2) is 25.5 Å². The molecule has 1 aromatic heterocycles. The highest BCUT2D eigenvalue weighted by Crippen LogP contribution is 2.17. The van der Waals surface area contributed by atoms with Crippen molar-refractivity contribution in [3.63, 3.8) is 0 Å². The van der Waals surface area contributed by atoms with E-state index in [4.69, 9.17) is 4.18 Å². The van der Waals surface area contributed by atoms with Gasteiger partial charge in [-0.25, -0.2) is 13.0 Å². The van der Waals surface area contributed by atoms with E-state index in [0.717, 1.165) is 30.0 Å². The molecule has 2 rings (SSSR count). The molecule has 0 bridgehead atoms. The van der Waals surface area contributed by atoms with Crippen molar-refractivity contribution in [2.24, 2.45) is 5.92 Å². The van der Waals surface area contributed by atoms with Gasteiger partial charge in [0.2, 0.25) is 16.5 Å². The van der Waals surface area contributed by atoms with Crippen LogP contribution in [0.4, 0.5) is 0 Å². The van der Waals surface area contributed by atoms with Crippen LogP contribution < -0.4 is 4.57 Å². The molecule has 0 amide bonds. The standard InChI is InChI=1S/C24H37NO5S/c1-3-5-7-8-12-21(11-6-4-2)19-29-20-24(30-31(26,27)28)18-25-16-15-22-13-9-10-14-23(22)17-25/h9-10,13-17,21,24H,3-8,11-12,18-20H2,1-2H3/p+1. The number of fused-ring (bicyclic) bond motifs is 1. The molecule has 0 aliphatic carbocycles. The van der Waals surface area contributed by atoms with Crippen LogP contribution >= 0.6 is 0 Å². The number of hydrogen-bond donors (Lipinski definition) is 0. The Morgan fingerprint density at radius 3 is 2.39 bits per heavy atom. The molecule has 1 heterocycles. The second-order valence-electron chi connectivity index (χ2n) is 8.34. The van der Waals surface area contributed by atoms with E-state index >= 15 is 0 Å². The van der Waals surface area contributed by atoms with Gasteiger partial charge in [-0.05, 0) is 24.3 Å². The first-order valence-corrected chi connectivity index (χ1v) is 12.9. The maximum atomic E-state index is 11.3. The molecule has 0 spiro atoms. The summed E-state index contributed by atoms with van der Waals surface area (Å²) in [5.74, 6) is 0.509. The molecule has 174 valence electrons. The zero-order valence-electron chi connectivity index (χ0n) is 18.9. The molecule has 31 heavy (non-hydrogen) atoms. The van der Waals surface area contributed by atoms with Crippen molar-refractivity contribution in [1.29, 1.82) is 0 Å². The molecule has 0 radical (unpaired) electrons. The third kappa shape index (κ3) is 10.5. The number of hydrogen-bond acceptors (Lipinski definition) is 4. The maximum absolute atomic E-state index is 11.3. The number of nitrogens with zero attached hydrogens (tertiary/aromatic N) is 1. The van der Waals surface area contributed by atoms with Gasteiger partial charge >= 0.3 is 0 Å². The Morgan fingerprint density at radius 2 is 1.68 bits per heavy atom. The van der Waals surface area contributed by atoms with Gasteiger partial charge in [0.1, 0.15) is 6.61 Å². The van der Waals surface area contributed by atoms with Gasteiger partial charge < -0.3 is 9.29 Å². The van der Waals surface area contributed by atoms with Gasteiger partial charge in [-0.3, -0.25) is 4.18 Å². The molecular formula is C24H38NO5S+. The highest BCUT2D eigenvalue weighted by atomic mass is 32.3. The van der Waals surface area contributed by atoms with E-state index in [0.29, 0.717) is 12.5 Å². The van der Waals surface area contributed by atoms with Gasteiger partial charge in [0.25, 0.3) is 0 Å². The van der Waals surface area contributed by atoms with Crippen molar-refractivity contribution < 1.29 is 26.5 Å². The Hall–Kier alpha value is -1.54. The lowest BCUT2D eigenvalue weighted by molar-refractivity contribution is -0.702. The second kappa shape index (κ2) is 13.8. The maximum Gasteiger partial charge on any atom is 0.218 e. The van der Waals surface area contributed by atoms with Gasteiger partial charge in [-0.15, -0.1) is 0 Å². The van der Waals surface area contributed by atoms with Crippen molar-refractivity contribution in [1.82, 2.24) is 0 Å². The van der Waals surface area contributed by atoms with E-state index in [2.05, 4.69) is 18.6 Å². The van der Waals surface area contributed by atoms with Crippen molar-refractivity contribution in [2.75, 3.05) is 13.2 Å². The van der Waals surface area contributed by atoms with Crippen LogP contribution in [0.5, 0.6) is 0 Å². The van der Waals surface area contributed by atoms with Crippen LogP contribution in [0.1, 0.15) is 65.2 Å². The number of benzene rings is 1. The molecule has 1 N–H and O–H groups in total. The molecule has 0 aliphatic heterocycles. The minimum Gasteiger partial charge on any atom is -0.726 e. The molecule has 2 atom stereocenters. The molecule has 0 aliphatic rings. The molecule has 0 saturated carbocycles. The molecular weight excluding hydrogens is 414 g/mol. The van der Waals surface area contributed by atoms with Gasteiger partial charge in [0, 0.05) is 17.4 Å². The predicted octanol–water partition coefficient (Wildman–Crippen LogP) is 4.28. The summed E-state index contributed by atoms with van der Waals surface area (Å²) in [6.45, 7) is 5.54. The Bertz CT molecular complexity index is 871. The number of aliphatic hydroxyl groups is 2. The summed E-state index contributed by atoms with van der Waals surface area (Å²) in [6.07, 6.45) is 12.6. The second-order valence-corrected chi connectivity index (χ2v) is 9.35. The summed E-state index contributed by atoms with van der Waals surface area (Å²) in [6, 6.07) is 9.90. The third-order valence-corrected chi connectivity index (χ3v) is 6.07. The highest BCUT2D eigenvalue weighted by molar-refractivity contribution is 7.80. The summed E-state index contributed by atoms with van der Waals surface area (Å²) in [5.41, 5.74) is 0. The summed E-state index contributed by atoms with van der Waals surface area (Å²) in [5, 5.41) is 2.14. The lowest BCUT2D eigenvalue weighted by Gasteiger charge is -2.18. The lowest BCUT2D eigenvalue weighted by atomic mass is 9.96. The molecule has 0 saturated heterocycles. The topological polar surface area (TPSA) is 83.1 Å². The summed E-state index contributed by atoms with van der Waals surface area (Å²) in [7, 11) is -4.79. The summed E-state index contributed by atoms with van der Waals surface area (Å²) < 4.78 is 45.1. The lowest BCUT2D eigenvalue weighted by Crippen LogP contribution is -2.43. The smallest absolute Gasteiger partial charge is 0.218 e. The van der Waals surface area contributed by atoms with E-state index in [1.165, 1.54) is 32.1 Å². The molecule has 7 heteroatoms. The van der Waals surface area contributed by atoms with Crippen LogP contribution in [0, 0.1) is 5.92 Å². The number of rotatable bonds is 16. The fourth-order valence-electron chi connectivity index (χ4n) is 3.89. The van der Waals surface area contributed by atoms with Crippen molar-refractivity contribution in [3.8, 4) is 0 Å². The average molecular weight is 453 g/mol. The van der Waals surface area contributed by atoms with Crippen LogP contribution in [-0.2, 0) is 21.1 Å². The zero-order valence-corrected chi connectivity index (χ0v) is 19.7. The van der Waals surface area contributed by atoms with Crippen LogP contribution in [0.3, 0.4) is 0 Å². The molecule has 1 aromatic carbocycles. The normalized spacial score (nSPS) is 14.0. The predicted molar refractivity (Wildman–Crippen MR) is 122 cm³/mol. The molecule has 6 nitrogen and oxygen atoms in total. The first-order valence-electron chi connectivity index (χ1n) is 11.6. The summed E-state index contributed by atoms with van der Waals surface area (Å²) >= 11 is 0. The van der Waals surface area contributed by atoms with E-state index in [9.17, 15) is 13.0 Å². The average Bonchev–Trinajstić information content (AvgIpc) is 2.73.